The Morgan fingerprint density at radius 3 is 1.81 bits per heavy atom. The lowest BCUT2D eigenvalue weighted by Crippen LogP contribution is -2.21. The molecule has 0 radical (unpaired) electrons. The van der Waals surface area contributed by atoms with Crippen LogP contribution in [0.25, 0.3) is 0 Å². The highest BCUT2D eigenvalue weighted by atomic mass is 16.5. The second kappa shape index (κ2) is 7.03. The monoisotopic (exact) mass is 370 g/mol. The van der Waals surface area contributed by atoms with E-state index < -0.39 is 17.2 Å². The van der Waals surface area contributed by atoms with E-state index in [1.165, 1.54) is 33.1 Å². The molecule has 7 nitrogen and oxygen atoms in total. The van der Waals surface area contributed by atoms with Crippen LogP contribution in [0.5, 0.6) is 17.2 Å². The molecule has 0 saturated heterocycles. The molecule has 2 heterocycles. The molecule has 7 heteroatoms. The lowest BCUT2D eigenvalue weighted by atomic mass is 9.85. The van der Waals surface area contributed by atoms with Crippen molar-refractivity contribution >= 4 is 0 Å². The van der Waals surface area contributed by atoms with Crippen molar-refractivity contribution in [2.45, 2.75) is 19.8 Å². The molecule has 2 aromatic heterocycles. The van der Waals surface area contributed by atoms with Crippen LogP contribution in [0.1, 0.15) is 34.1 Å². The summed E-state index contributed by atoms with van der Waals surface area (Å²) in [6, 6.07) is 9.21. The summed E-state index contributed by atoms with van der Waals surface area (Å²) in [7, 11) is 1.44. The Morgan fingerprint density at radius 2 is 1.37 bits per heavy atom. The van der Waals surface area contributed by atoms with Gasteiger partial charge in [-0.05, 0) is 19.9 Å². The second-order valence-corrected chi connectivity index (χ2v) is 6.06. The zero-order valence-corrected chi connectivity index (χ0v) is 15.0. The van der Waals surface area contributed by atoms with Gasteiger partial charge in [0.1, 0.15) is 28.8 Å². The molecule has 0 unspecified atom stereocenters. The number of ether oxygens (including phenoxy) is 1. The fourth-order valence-electron chi connectivity index (χ4n) is 3.10. The second-order valence-electron chi connectivity index (χ2n) is 6.06. The summed E-state index contributed by atoms with van der Waals surface area (Å²) in [5, 5.41) is 20.9. The van der Waals surface area contributed by atoms with E-state index in [4.69, 9.17) is 13.6 Å². The van der Waals surface area contributed by atoms with Crippen LogP contribution in [0.2, 0.25) is 0 Å². The molecular weight excluding hydrogens is 352 g/mol. The first-order valence-electron chi connectivity index (χ1n) is 8.13. The van der Waals surface area contributed by atoms with E-state index in [1.807, 2.05) is 0 Å². The van der Waals surface area contributed by atoms with E-state index in [2.05, 4.69) is 0 Å². The number of aromatic hydroxyl groups is 2. The number of hydrogen-bond donors (Lipinski definition) is 2. The largest absolute Gasteiger partial charge is 0.507 e. The maximum absolute atomic E-state index is 12.6. The van der Waals surface area contributed by atoms with E-state index in [0.29, 0.717) is 11.3 Å². The van der Waals surface area contributed by atoms with Gasteiger partial charge in [0.15, 0.2) is 0 Å². The van der Waals surface area contributed by atoms with Crippen LogP contribution in [-0.2, 0) is 0 Å². The molecule has 0 spiro atoms. The van der Waals surface area contributed by atoms with Gasteiger partial charge < -0.3 is 23.8 Å². The van der Waals surface area contributed by atoms with E-state index in [-0.39, 0.29) is 34.1 Å². The molecule has 3 rings (SSSR count). The first-order valence-corrected chi connectivity index (χ1v) is 8.13. The number of hydrogen-bond acceptors (Lipinski definition) is 7. The van der Waals surface area contributed by atoms with Crippen LogP contribution < -0.4 is 16.0 Å². The highest BCUT2D eigenvalue weighted by molar-refractivity contribution is 5.54. The van der Waals surface area contributed by atoms with Crippen molar-refractivity contribution in [2.75, 3.05) is 7.11 Å². The average molecular weight is 370 g/mol. The van der Waals surface area contributed by atoms with E-state index in [1.54, 1.807) is 24.3 Å². The molecule has 0 aliphatic heterocycles. The third kappa shape index (κ3) is 3.31. The summed E-state index contributed by atoms with van der Waals surface area (Å²) in [5.41, 5.74) is -1.67. The molecule has 0 aliphatic rings. The maximum Gasteiger partial charge on any atom is 0.343 e. The zero-order valence-electron chi connectivity index (χ0n) is 15.0. The average Bonchev–Trinajstić information content (AvgIpc) is 2.58. The standard InChI is InChI=1S/C20H18O7/c1-10-8-13(21)17(19(23)26-10)16(12-6-4-5-7-15(12)25-3)18-14(22)9-11(2)27-20(18)24/h4-9,16,21-22H,1-3H3. The Morgan fingerprint density at radius 1 is 0.889 bits per heavy atom. The van der Waals surface area contributed by atoms with Gasteiger partial charge in [0.2, 0.25) is 0 Å². The van der Waals surface area contributed by atoms with Crippen molar-refractivity contribution in [2.24, 2.45) is 0 Å². The molecule has 0 saturated carbocycles. The van der Waals surface area contributed by atoms with Crippen LogP contribution in [0.4, 0.5) is 0 Å². The number of para-hydroxylation sites is 1. The number of methoxy groups -OCH3 is 1. The van der Waals surface area contributed by atoms with Crippen molar-refractivity contribution in [1.29, 1.82) is 0 Å². The van der Waals surface area contributed by atoms with Crippen molar-refractivity contribution in [3.8, 4) is 17.2 Å². The highest BCUT2D eigenvalue weighted by Gasteiger charge is 2.32. The predicted molar refractivity (Wildman–Crippen MR) is 96.7 cm³/mol. The Hall–Kier alpha value is -3.48. The van der Waals surface area contributed by atoms with Gasteiger partial charge in [0.05, 0.1) is 24.2 Å². The van der Waals surface area contributed by atoms with Crippen LogP contribution in [0.3, 0.4) is 0 Å². The Kier molecular flexibility index (Phi) is 4.77. The van der Waals surface area contributed by atoms with Gasteiger partial charge in [-0.3, -0.25) is 0 Å². The highest BCUT2D eigenvalue weighted by Crippen LogP contribution is 2.41. The van der Waals surface area contributed by atoms with E-state index >= 15 is 0 Å². The summed E-state index contributed by atoms with van der Waals surface area (Å²) in [6.45, 7) is 3.03. The van der Waals surface area contributed by atoms with Gasteiger partial charge in [-0.2, -0.15) is 0 Å². The van der Waals surface area contributed by atoms with Crippen molar-refractivity contribution in [3.63, 3.8) is 0 Å². The zero-order chi connectivity index (χ0) is 19.7. The Labute approximate surface area is 154 Å². The molecule has 27 heavy (non-hydrogen) atoms. The van der Waals surface area contributed by atoms with Crippen LogP contribution >= 0.6 is 0 Å². The summed E-state index contributed by atoms with van der Waals surface area (Å²) in [6.07, 6.45) is 0. The molecule has 140 valence electrons. The van der Waals surface area contributed by atoms with Crippen molar-refractivity contribution in [1.82, 2.24) is 0 Å². The molecule has 0 aliphatic carbocycles. The normalized spacial score (nSPS) is 11.0. The van der Waals surface area contributed by atoms with Gasteiger partial charge in [-0.25, -0.2) is 9.59 Å². The quantitative estimate of drug-likeness (QED) is 0.726. The molecule has 3 aromatic rings. The summed E-state index contributed by atoms with van der Waals surface area (Å²) < 4.78 is 15.6. The topological polar surface area (TPSA) is 110 Å². The molecule has 1 aromatic carbocycles. The third-order valence-corrected chi connectivity index (χ3v) is 4.21. The molecule has 0 bridgehead atoms. The summed E-state index contributed by atoms with van der Waals surface area (Å²) >= 11 is 0. The number of benzene rings is 1. The first-order chi connectivity index (χ1) is 12.8. The number of rotatable bonds is 4. The molecule has 0 fully saturated rings. The Balaban J connectivity index is 2.43. The summed E-state index contributed by atoms with van der Waals surface area (Å²) in [4.78, 5) is 25.1. The smallest absolute Gasteiger partial charge is 0.343 e. The van der Waals surface area contributed by atoms with Gasteiger partial charge in [0.25, 0.3) is 0 Å². The summed E-state index contributed by atoms with van der Waals surface area (Å²) in [5.74, 6) is -1.10. The lowest BCUT2D eigenvalue weighted by molar-refractivity contribution is 0.395. The fraction of sp³-hybridized carbons (Fsp3) is 0.200. The molecule has 0 amide bonds. The number of aryl methyl sites for hydroxylation is 2. The lowest BCUT2D eigenvalue weighted by Gasteiger charge is -2.20. The van der Waals surface area contributed by atoms with Crippen LogP contribution in [-0.4, -0.2) is 17.3 Å². The minimum absolute atomic E-state index is 0.198. The van der Waals surface area contributed by atoms with Crippen LogP contribution in [0, 0.1) is 13.8 Å². The molecule has 2 N–H and O–H groups in total. The molecule has 0 atom stereocenters. The fourth-order valence-corrected chi connectivity index (χ4v) is 3.10. The van der Waals surface area contributed by atoms with Gasteiger partial charge in [-0.15, -0.1) is 0 Å². The van der Waals surface area contributed by atoms with Crippen LogP contribution in [0.15, 0.2) is 54.8 Å². The van der Waals surface area contributed by atoms with E-state index in [9.17, 15) is 19.8 Å². The maximum atomic E-state index is 12.6. The van der Waals surface area contributed by atoms with E-state index in [0.717, 1.165) is 0 Å². The van der Waals surface area contributed by atoms with Gasteiger partial charge in [-0.1, -0.05) is 18.2 Å². The molecular formula is C20H18O7. The minimum atomic E-state index is -1.16. The van der Waals surface area contributed by atoms with Crippen molar-refractivity contribution < 1.29 is 23.8 Å². The predicted octanol–water partition coefficient (Wildman–Crippen LogP) is 2.81. The van der Waals surface area contributed by atoms with Gasteiger partial charge >= 0.3 is 11.3 Å². The van der Waals surface area contributed by atoms with Crippen molar-refractivity contribution in [3.05, 3.63) is 85.4 Å². The Bertz CT molecular complexity index is 1040. The van der Waals surface area contributed by atoms with Gasteiger partial charge in [0, 0.05) is 17.7 Å². The first kappa shape index (κ1) is 18.3. The minimum Gasteiger partial charge on any atom is -0.507 e. The third-order valence-electron chi connectivity index (χ3n) is 4.21. The SMILES string of the molecule is COc1ccccc1C(c1c(O)cc(C)oc1=O)c1c(O)cc(C)oc1=O.